The molecule has 1 aromatic rings. The first-order valence-electron chi connectivity index (χ1n) is 11.8. The molecule has 8 heteroatoms. The first-order chi connectivity index (χ1) is 15.0. The number of nitrogens with zero attached hydrogens (tertiary/aromatic N) is 3. The summed E-state index contributed by atoms with van der Waals surface area (Å²) in [5.74, 6) is 0.311. The van der Waals surface area contributed by atoms with E-state index in [2.05, 4.69) is 58.4 Å². The third-order valence-corrected chi connectivity index (χ3v) is 6.95. The molecule has 1 N–H and O–H groups in total. The van der Waals surface area contributed by atoms with Crippen molar-refractivity contribution in [2.45, 2.75) is 51.2 Å². The molecule has 0 radical (unpaired) electrons. The Hall–Kier alpha value is -1.19. The van der Waals surface area contributed by atoms with Gasteiger partial charge in [0.25, 0.3) is 0 Å². The van der Waals surface area contributed by atoms with Crippen LogP contribution in [0.25, 0.3) is 0 Å². The average Bonchev–Trinajstić information content (AvgIpc) is 2.79. The van der Waals surface area contributed by atoms with Gasteiger partial charge in [-0.1, -0.05) is 25.3 Å². The van der Waals surface area contributed by atoms with Gasteiger partial charge in [0.2, 0.25) is 0 Å². The molecule has 1 aliphatic carbocycles. The highest BCUT2D eigenvalue weighted by Crippen LogP contribution is 2.27. The second kappa shape index (κ2) is 12.7. The van der Waals surface area contributed by atoms with E-state index in [0.717, 1.165) is 65.0 Å². The van der Waals surface area contributed by atoms with Gasteiger partial charge in [0.1, 0.15) is 6.23 Å². The smallest absolute Gasteiger partial charge is 0.127 e. The molecule has 2 unspecified atom stereocenters. The van der Waals surface area contributed by atoms with Crippen LogP contribution >= 0.6 is 0 Å². The predicted octanol–water partition coefficient (Wildman–Crippen LogP) is 2.96. The van der Waals surface area contributed by atoms with Crippen LogP contribution in [0, 0.1) is 5.92 Å². The lowest BCUT2D eigenvalue weighted by atomic mass is 9.88. The molecule has 0 aromatic heterocycles. The Kier molecular flexibility index (Phi) is 10.1. The van der Waals surface area contributed by atoms with E-state index in [4.69, 9.17) is 4.18 Å². The minimum Gasteiger partial charge on any atom is -0.750 e. The molecule has 3 rings (SSSR count). The maximum absolute atomic E-state index is 11.1. The molecule has 31 heavy (non-hydrogen) atoms. The van der Waals surface area contributed by atoms with Crippen molar-refractivity contribution in [2.75, 3.05) is 63.2 Å². The van der Waals surface area contributed by atoms with Crippen molar-refractivity contribution in [2.24, 2.45) is 5.92 Å². The van der Waals surface area contributed by atoms with Crippen LogP contribution in [-0.4, -0.2) is 73.3 Å². The molecule has 176 valence electrons. The molecule has 1 aromatic carbocycles. The summed E-state index contributed by atoms with van der Waals surface area (Å²) in [5.41, 5.74) is 2.54. The van der Waals surface area contributed by atoms with Gasteiger partial charge < -0.3 is 14.4 Å². The zero-order chi connectivity index (χ0) is 22.1. The summed E-state index contributed by atoms with van der Waals surface area (Å²) in [7, 11) is 4.16. The van der Waals surface area contributed by atoms with Crippen molar-refractivity contribution >= 4 is 22.7 Å². The van der Waals surface area contributed by atoms with E-state index in [-0.39, 0.29) is 6.23 Å². The summed E-state index contributed by atoms with van der Waals surface area (Å²) < 4.78 is 27.3. The zero-order valence-electron chi connectivity index (χ0n) is 19.1. The van der Waals surface area contributed by atoms with Gasteiger partial charge in [0.05, 0.1) is 11.4 Å². The van der Waals surface area contributed by atoms with Crippen LogP contribution in [0.1, 0.15) is 44.9 Å². The van der Waals surface area contributed by atoms with Crippen LogP contribution in [0.3, 0.4) is 0 Å². The van der Waals surface area contributed by atoms with Crippen LogP contribution in [0.4, 0.5) is 11.4 Å². The lowest BCUT2D eigenvalue weighted by Gasteiger charge is -2.36. The van der Waals surface area contributed by atoms with Gasteiger partial charge in [-0.3, -0.25) is 14.4 Å². The molecule has 0 spiro atoms. The quantitative estimate of drug-likeness (QED) is 0.315. The van der Waals surface area contributed by atoms with Crippen molar-refractivity contribution in [3.05, 3.63) is 24.3 Å². The molecule has 1 heterocycles. The van der Waals surface area contributed by atoms with Crippen molar-refractivity contribution < 1.29 is 12.9 Å². The lowest BCUT2D eigenvalue weighted by molar-refractivity contribution is 0.0801. The second-order valence-electron chi connectivity index (χ2n) is 9.02. The standard InChI is InChI=1S/C23H40N4O3S/c1-25(2)21-11-8-12-22(19-21)27-17-15-26(16-18-27)14-7-6-13-24-23(30-31(28)29)20-9-4-3-5-10-20/h8,11-12,19-20,23-24H,3-7,9-10,13-18H2,1-2H3,(H,28,29)/p-1. The molecule has 0 amide bonds. The Morgan fingerprint density at radius 3 is 2.58 bits per heavy atom. The van der Waals surface area contributed by atoms with Crippen molar-refractivity contribution in [3.63, 3.8) is 0 Å². The van der Waals surface area contributed by atoms with Crippen LogP contribution in [-0.2, 0) is 15.5 Å². The number of anilines is 2. The maximum Gasteiger partial charge on any atom is 0.127 e. The molecular weight excluding hydrogens is 412 g/mol. The van der Waals surface area contributed by atoms with E-state index < -0.39 is 11.4 Å². The summed E-state index contributed by atoms with van der Waals surface area (Å²) >= 11 is -2.46. The molecule has 1 saturated heterocycles. The summed E-state index contributed by atoms with van der Waals surface area (Å²) in [6.07, 6.45) is 7.47. The minimum atomic E-state index is -2.46. The topological polar surface area (TPSA) is 71.1 Å². The van der Waals surface area contributed by atoms with E-state index >= 15 is 0 Å². The Morgan fingerprint density at radius 1 is 1.16 bits per heavy atom. The normalized spacial score (nSPS) is 20.5. The second-order valence-corrected chi connectivity index (χ2v) is 9.62. The van der Waals surface area contributed by atoms with Crippen LogP contribution in [0.5, 0.6) is 0 Å². The highest BCUT2D eigenvalue weighted by atomic mass is 32.2. The van der Waals surface area contributed by atoms with Crippen molar-refractivity contribution in [3.8, 4) is 0 Å². The van der Waals surface area contributed by atoms with Crippen LogP contribution < -0.4 is 15.1 Å². The zero-order valence-corrected chi connectivity index (χ0v) is 19.9. The van der Waals surface area contributed by atoms with Crippen molar-refractivity contribution in [1.82, 2.24) is 10.2 Å². The van der Waals surface area contributed by atoms with Gasteiger partial charge >= 0.3 is 0 Å². The third kappa shape index (κ3) is 8.02. The number of hydrogen-bond acceptors (Lipinski definition) is 7. The number of unbranched alkanes of at least 4 members (excludes halogenated alkanes) is 1. The Labute approximate surface area is 190 Å². The number of rotatable bonds is 11. The fourth-order valence-corrected chi connectivity index (χ4v) is 5.10. The summed E-state index contributed by atoms with van der Waals surface area (Å²) in [4.78, 5) is 7.15. The average molecular weight is 452 g/mol. The summed E-state index contributed by atoms with van der Waals surface area (Å²) in [5, 5.41) is 3.36. The first kappa shape index (κ1) is 24.5. The highest BCUT2D eigenvalue weighted by molar-refractivity contribution is 7.74. The maximum atomic E-state index is 11.1. The lowest BCUT2D eigenvalue weighted by Crippen LogP contribution is -2.46. The van der Waals surface area contributed by atoms with E-state index in [1.54, 1.807) is 0 Å². The Bertz CT molecular complexity index is 677. The number of benzene rings is 1. The largest absolute Gasteiger partial charge is 0.750 e. The molecule has 2 atom stereocenters. The third-order valence-electron chi connectivity index (χ3n) is 6.59. The molecule has 2 aliphatic rings. The number of hydrogen-bond donors (Lipinski definition) is 1. The van der Waals surface area contributed by atoms with Gasteiger partial charge in [-0.05, 0) is 62.9 Å². The molecule has 1 saturated carbocycles. The molecule has 1 aliphatic heterocycles. The van der Waals surface area contributed by atoms with Gasteiger partial charge in [-0.2, -0.15) is 0 Å². The highest BCUT2D eigenvalue weighted by Gasteiger charge is 2.24. The van der Waals surface area contributed by atoms with Gasteiger partial charge in [-0.25, -0.2) is 4.21 Å². The van der Waals surface area contributed by atoms with Crippen LogP contribution in [0.2, 0.25) is 0 Å². The fraction of sp³-hybridized carbons (Fsp3) is 0.739. The monoisotopic (exact) mass is 451 g/mol. The Morgan fingerprint density at radius 2 is 1.90 bits per heavy atom. The van der Waals surface area contributed by atoms with Gasteiger partial charge in [0.15, 0.2) is 0 Å². The van der Waals surface area contributed by atoms with E-state index in [1.165, 1.54) is 30.6 Å². The van der Waals surface area contributed by atoms with Gasteiger partial charge in [-0.15, -0.1) is 0 Å². The SMILES string of the molecule is CN(C)c1cccc(N2CCN(CCCCNC(OS(=O)[O-])C3CCCCC3)CC2)c1. The van der Waals surface area contributed by atoms with E-state index in [0.29, 0.717) is 5.92 Å². The fourth-order valence-electron chi connectivity index (χ4n) is 4.70. The number of nitrogens with one attached hydrogen (secondary N) is 1. The first-order valence-corrected chi connectivity index (χ1v) is 12.8. The predicted molar refractivity (Wildman–Crippen MR) is 127 cm³/mol. The summed E-state index contributed by atoms with van der Waals surface area (Å²) in [6.45, 7) is 6.18. The Balaban J connectivity index is 1.33. The molecule has 0 bridgehead atoms. The van der Waals surface area contributed by atoms with Crippen molar-refractivity contribution in [1.29, 1.82) is 0 Å². The summed E-state index contributed by atoms with van der Waals surface area (Å²) in [6, 6.07) is 8.75. The van der Waals surface area contributed by atoms with E-state index in [9.17, 15) is 8.76 Å². The minimum absolute atomic E-state index is 0.311. The molecule has 2 fully saturated rings. The number of piperazine rings is 1. The van der Waals surface area contributed by atoms with Crippen LogP contribution in [0.15, 0.2) is 24.3 Å². The molecular formula is C23H39N4O3S-. The van der Waals surface area contributed by atoms with Gasteiger partial charge in [0, 0.05) is 51.6 Å². The van der Waals surface area contributed by atoms with E-state index in [1.807, 2.05) is 0 Å². The molecule has 7 nitrogen and oxygen atoms in total.